The molecule has 1 amide bonds. The maximum absolute atomic E-state index is 12.1. The van der Waals surface area contributed by atoms with Gasteiger partial charge in [0.2, 0.25) is 0 Å². The SMILES string of the molecule is CCc1ccc(NC(=S)NC(=O)c2ccccc2I)cc1. The number of halogens is 1. The molecule has 0 aliphatic carbocycles. The Bertz CT molecular complexity index is 656. The Labute approximate surface area is 143 Å². The number of benzene rings is 2. The van der Waals surface area contributed by atoms with Crippen molar-refractivity contribution in [3.8, 4) is 0 Å². The lowest BCUT2D eigenvalue weighted by molar-refractivity contribution is 0.0977. The first-order valence-electron chi connectivity index (χ1n) is 6.56. The first kappa shape index (κ1) is 15.9. The summed E-state index contributed by atoms with van der Waals surface area (Å²) in [5.41, 5.74) is 2.73. The lowest BCUT2D eigenvalue weighted by atomic mass is 10.1. The Balaban J connectivity index is 1.98. The van der Waals surface area contributed by atoms with Gasteiger partial charge in [0.1, 0.15) is 0 Å². The number of rotatable bonds is 3. The van der Waals surface area contributed by atoms with E-state index in [0.29, 0.717) is 10.7 Å². The topological polar surface area (TPSA) is 41.1 Å². The van der Waals surface area contributed by atoms with Crippen LogP contribution in [0.1, 0.15) is 22.8 Å². The van der Waals surface area contributed by atoms with E-state index in [-0.39, 0.29) is 5.91 Å². The Morgan fingerprint density at radius 2 is 1.81 bits per heavy atom. The molecule has 2 N–H and O–H groups in total. The molecule has 0 saturated carbocycles. The van der Waals surface area contributed by atoms with Crippen LogP contribution in [0.2, 0.25) is 0 Å². The molecule has 3 nitrogen and oxygen atoms in total. The van der Waals surface area contributed by atoms with Gasteiger partial charge in [0.05, 0.1) is 5.56 Å². The third-order valence-corrected chi connectivity index (χ3v) is 4.11. The number of carbonyl (C=O) groups excluding carboxylic acids is 1. The van der Waals surface area contributed by atoms with E-state index in [2.05, 4.69) is 40.1 Å². The molecule has 0 spiro atoms. The Morgan fingerprint density at radius 3 is 2.43 bits per heavy atom. The van der Waals surface area contributed by atoms with Crippen molar-refractivity contribution in [2.24, 2.45) is 0 Å². The molecule has 21 heavy (non-hydrogen) atoms. The van der Waals surface area contributed by atoms with Gasteiger partial charge < -0.3 is 5.32 Å². The van der Waals surface area contributed by atoms with Crippen molar-refractivity contribution in [2.45, 2.75) is 13.3 Å². The number of amides is 1. The fourth-order valence-corrected chi connectivity index (χ4v) is 2.64. The normalized spacial score (nSPS) is 10.0. The molecular weight excluding hydrogens is 395 g/mol. The zero-order chi connectivity index (χ0) is 15.2. The molecule has 108 valence electrons. The highest BCUT2D eigenvalue weighted by Gasteiger charge is 2.10. The lowest BCUT2D eigenvalue weighted by Crippen LogP contribution is -2.34. The second-order valence-electron chi connectivity index (χ2n) is 4.44. The fourth-order valence-electron chi connectivity index (χ4n) is 1.80. The summed E-state index contributed by atoms with van der Waals surface area (Å²) in [6, 6.07) is 15.3. The minimum absolute atomic E-state index is 0.206. The average molecular weight is 410 g/mol. The second kappa shape index (κ2) is 7.51. The number of thiocarbonyl (C=S) groups is 1. The maximum atomic E-state index is 12.1. The lowest BCUT2D eigenvalue weighted by Gasteiger charge is -2.10. The number of anilines is 1. The monoisotopic (exact) mass is 410 g/mol. The predicted octanol–water partition coefficient (Wildman–Crippen LogP) is 3.98. The number of carbonyl (C=O) groups is 1. The van der Waals surface area contributed by atoms with E-state index >= 15 is 0 Å². The molecular formula is C16H15IN2OS. The predicted molar refractivity (Wildman–Crippen MR) is 98.7 cm³/mol. The molecule has 0 bridgehead atoms. The Hall–Kier alpha value is -1.47. The summed E-state index contributed by atoms with van der Waals surface area (Å²) in [6.07, 6.45) is 0.994. The largest absolute Gasteiger partial charge is 0.332 e. The smallest absolute Gasteiger partial charge is 0.258 e. The highest BCUT2D eigenvalue weighted by Crippen LogP contribution is 2.12. The van der Waals surface area contributed by atoms with E-state index in [0.717, 1.165) is 15.7 Å². The fraction of sp³-hybridized carbons (Fsp3) is 0.125. The minimum atomic E-state index is -0.206. The van der Waals surface area contributed by atoms with Crippen LogP contribution in [0.25, 0.3) is 0 Å². The highest BCUT2D eigenvalue weighted by molar-refractivity contribution is 14.1. The van der Waals surface area contributed by atoms with E-state index < -0.39 is 0 Å². The summed E-state index contributed by atoms with van der Waals surface area (Å²) >= 11 is 7.30. The number of aryl methyl sites for hydroxylation is 1. The third kappa shape index (κ3) is 4.50. The van der Waals surface area contributed by atoms with Crippen LogP contribution >= 0.6 is 34.8 Å². The molecule has 0 atom stereocenters. The zero-order valence-corrected chi connectivity index (χ0v) is 14.5. The van der Waals surface area contributed by atoms with Gasteiger partial charge in [-0.15, -0.1) is 0 Å². The van der Waals surface area contributed by atoms with Gasteiger partial charge in [-0.2, -0.15) is 0 Å². The van der Waals surface area contributed by atoms with E-state index in [1.54, 1.807) is 6.07 Å². The summed E-state index contributed by atoms with van der Waals surface area (Å²) in [5.74, 6) is -0.206. The van der Waals surface area contributed by atoms with Crippen LogP contribution in [-0.2, 0) is 6.42 Å². The van der Waals surface area contributed by atoms with Gasteiger partial charge in [0.15, 0.2) is 5.11 Å². The van der Waals surface area contributed by atoms with Crippen molar-refractivity contribution in [3.05, 3.63) is 63.2 Å². The molecule has 0 fully saturated rings. The van der Waals surface area contributed by atoms with Gasteiger partial charge in [-0.1, -0.05) is 31.2 Å². The van der Waals surface area contributed by atoms with Crippen LogP contribution in [0, 0.1) is 3.57 Å². The molecule has 0 saturated heterocycles. The minimum Gasteiger partial charge on any atom is -0.332 e. The van der Waals surface area contributed by atoms with Crippen molar-refractivity contribution < 1.29 is 4.79 Å². The molecule has 0 aliphatic heterocycles. The molecule has 0 aliphatic rings. The molecule has 2 rings (SSSR count). The molecule has 0 aromatic heterocycles. The Kier molecular flexibility index (Phi) is 5.69. The summed E-state index contributed by atoms with van der Waals surface area (Å²) in [5, 5.41) is 6.00. The van der Waals surface area contributed by atoms with E-state index in [9.17, 15) is 4.79 Å². The summed E-state index contributed by atoms with van der Waals surface area (Å²) in [7, 11) is 0. The average Bonchev–Trinajstić information content (AvgIpc) is 2.48. The van der Waals surface area contributed by atoms with Crippen LogP contribution in [0.15, 0.2) is 48.5 Å². The van der Waals surface area contributed by atoms with Crippen molar-refractivity contribution >= 4 is 51.5 Å². The van der Waals surface area contributed by atoms with E-state index in [1.807, 2.05) is 42.5 Å². The van der Waals surface area contributed by atoms with Gasteiger partial charge in [-0.25, -0.2) is 0 Å². The molecule has 0 radical (unpaired) electrons. The molecule has 2 aromatic carbocycles. The van der Waals surface area contributed by atoms with Crippen molar-refractivity contribution in [1.82, 2.24) is 5.32 Å². The van der Waals surface area contributed by atoms with Gasteiger partial charge in [0.25, 0.3) is 5.91 Å². The van der Waals surface area contributed by atoms with Crippen molar-refractivity contribution in [1.29, 1.82) is 0 Å². The van der Waals surface area contributed by atoms with E-state index in [4.69, 9.17) is 12.2 Å². The van der Waals surface area contributed by atoms with Crippen LogP contribution in [0.3, 0.4) is 0 Å². The summed E-state index contributed by atoms with van der Waals surface area (Å²) in [4.78, 5) is 12.1. The van der Waals surface area contributed by atoms with Crippen molar-refractivity contribution in [3.63, 3.8) is 0 Å². The maximum Gasteiger partial charge on any atom is 0.258 e. The quantitative estimate of drug-likeness (QED) is 0.594. The molecule has 2 aromatic rings. The van der Waals surface area contributed by atoms with Crippen molar-refractivity contribution in [2.75, 3.05) is 5.32 Å². The van der Waals surface area contributed by atoms with E-state index in [1.165, 1.54) is 5.56 Å². The van der Waals surface area contributed by atoms with Crippen LogP contribution in [0.5, 0.6) is 0 Å². The second-order valence-corrected chi connectivity index (χ2v) is 6.01. The van der Waals surface area contributed by atoms with Crippen LogP contribution < -0.4 is 10.6 Å². The summed E-state index contributed by atoms with van der Waals surface area (Å²) in [6.45, 7) is 2.11. The van der Waals surface area contributed by atoms with Crippen LogP contribution in [-0.4, -0.2) is 11.0 Å². The standard InChI is InChI=1S/C16H15IN2OS/c1-2-11-7-9-12(10-8-11)18-16(21)19-15(20)13-5-3-4-6-14(13)17/h3-10H,2H2,1H3,(H2,18,19,20,21). The first-order chi connectivity index (χ1) is 10.1. The third-order valence-electron chi connectivity index (χ3n) is 2.97. The number of hydrogen-bond donors (Lipinski definition) is 2. The molecule has 0 heterocycles. The Morgan fingerprint density at radius 1 is 1.14 bits per heavy atom. The molecule has 0 unspecified atom stereocenters. The number of nitrogens with one attached hydrogen (secondary N) is 2. The molecule has 5 heteroatoms. The van der Waals surface area contributed by atoms with Gasteiger partial charge in [-0.3, -0.25) is 10.1 Å². The first-order valence-corrected chi connectivity index (χ1v) is 8.04. The highest BCUT2D eigenvalue weighted by atomic mass is 127. The zero-order valence-electron chi connectivity index (χ0n) is 11.5. The number of hydrogen-bond acceptors (Lipinski definition) is 2. The van der Waals surface area contributed by atoms with Gasteiger partial charge in [-0.05, 0) is 71.1 Å². The van der Waals surface area contributed by atoms with Gasteiger partial charge in [0, 0.05) is 9.26 Å². The van der Waals surface area contributed by atoms with Crippen LogP contribution in [0.4, 0.5) is 5.69 Å². The van der Waals surface area contributed by atoms with Gasteiger partial charge >= 0.3 is 0 Å². The summed E-state index contributed by atoms with van der Waals surface area (Å²) < 4.78 is 0.891.